The summed E-state index contributed by atoms with van der Waals surface area (Å²) in [6.45, 7) is 7.62. The Hall–Kier alpha value is -8.47. The molecule has 0 N–H and O–H groups in total. The van der Waals surface area contributed by atoms with E-state index in [4.69, 9.17) is 9.40 Å². The topological polar surface area (TPSA) is 34.2 Å². The van der Waals surface area contributed by atoms with Crippen LogP contribution in [-0.4, -0.2) is 16.1 Å². The molecule has 10 aromatic rings. The molecule has 0 atom stereocenters. The van der Waals surface area contributed by atoms with Gasteiger partial charge in [0.2, 0.25) is 5.89 Å². The summed E-state index contributed by atoms with van der Waals surface area (Å²) in [4.78, 5) is 7.54. The van der Waals surface area contributed by atoms with E-state index >= 15 is 0 Å². The van der Waals surface area contributed by atoms with Crippen molar-refractivity contribution >= 4 is 44.2 Å². The van der Waals surface area contributed by atoms with Gasteiger partial charge in [-0.25, -0.2) is 4.98 Å². The first kappa shape index (κ1) is 41.7. The molecule has 0 saturated carbocycles. The van der Waals surface area contributed by atoms with Gasteiger partial charge in [-0.1, -0.05) is 166 Å². The number of oxazole rings is 1. The standard InChI is InChI=1S/C66H51N3O/c1-4-5-6-16-37-68-61-24-15-14-23-57(61)66(2,3)58-34-28-44(29-36-62(58)68)47-30-35-60-55(40-47)56-41-64-59(67-65(70-64)45-17-8-7-9-18-45)42-63(56)69(60)50-31-25-43(26-32-50)46-27-33-53-51-21-12-10-19-48(51)38-49-20-11-13-22-52(49)54(53)39-46/h4-33,35-36,39-42H,34,37-38H2,1-3H3/b5-4-,16-6-. The van der Waals surface area contributed by atoms with E-state index < -0.39 is 0 Å². The van der Waals surface area contributed by atoms with E-state index in [0.29, 0.717) is 5.89 Å². The van der Waals surface area contributed by atoms with Crippen LogP contribution in [0, 0.1) is 0 Å². The van der Waals surface area contributed by atoms with Gasteiger partial charge in [-0.3, -0.25) is 0 Å². The van der Waals surface area contributed by atoms with E-state index in [-0.39, 0.29) is 5.41 Å². The first-order valence-electron chi connectivity index (χ1n) is 24.5. The molecule has 0 bridgehead atoms. The zero-order valence-electron chi connectivity index (χ0n) is 39.7. The van der Waals surface area contributed by atoms with Crippen LogP contribution in [0.25, 0.3) is 89.0 Å². The first-order chi connectivity index (χ1) is 34.4. The monoisotopic (exact) mass is 901 g/mol. The molecule has 4 heteroatoms. The fourth-order valence-electron chi connectivity index (χ4n) is 11.4. The van der Waals surface area contributed by atoms with Crippen LogP contribution in [0.5, 0.6) is 0 Å². The molecule has 8 aromatic carbocycles. The second-order valence-electron chi connectivity index (χ2n) is 19.4. The molecule has 0 radical (unpaired) electrons. The lowest BCUT2D eigenvalue weighted by atomic mass is 9.72. The van der Waals surface area contributed by atoms with E-state index in [0.717, 1.165) is 58.2 Å². The number of allylic oxidation sites excluding steroid dienone is 8. The van der Waals surface area contributed by atoms with Crippen LogP contribution in [-0.2, 0) is 11.8 Å². The van der Waals surface area contributed by atoms with Crippen LogP contribution < -0.4 is 4.90 Å². The van der Waals surface area contributed by atoms with Crippen molar-refractivity contribution in [3.05, 3.63) is 252 Å². The average molecular weight is 902 g/mol. The maximum absolute atomic E-state index is 6.53. The SMILES string of the molecule is C/C=C\C=C/CN1C2=C(CC=C(c3ccc4c(c3)c3cc5oc(-c6ccccc6)nc5cc3n4-c3ccc(-c4ccc5c(c4)-c4ccccc4Cc4ccccc4-5)cc3)C=C2)C(C)(C)c2ccccc21. The van der Waals surface area contributed by atoms with Gasteiger partial charge in [0.1, 0.15) is 5.52 Å². The molecule has 3 aliphatic rings. The third-order valence-electron chi connectivity index (χ3n) is 15.0. The Morgan fingerprint density at radius 2 is 1.31 bits per heavy atom. The summed E-state index contributed by atoms with van der Waals surface area (Å²) in [5.74, 6) is 0.623. The molecular formula is C66H51N3O. The molecule has 2 aromatic heterocycles. The Bertz CT molecular complexity index is 3890. The highest BCUT2D eigenvalue weighted by Gasteiger charge is 2.37. The number of anilines is 1. The molecule has 0 amide bonds. The van der Waals surface area contributed by atoms with Crippen molar-refractivity contribution in [2.45, 2.75) is 39.0 Å². The maximum Gasteiger partial charge on any atom is 0.227 e. The highest BCUT2D eigenvalue weighted by atomic mass is 16.3. The van der Waals surface area contributed by atoms with Crippen molar-refractivity contribution in [2.75, 3.05) is 11.4 Å². The lowest BCUT2D eigenvalue weighted by Gasteiger charge is -2.42. The van der Waals surface area contributed by atoms with Gasteiger partial charge < -0.3 is 13.9 Å². The van der Waals surface area contributed by atoms with Crippen molar-refractivity contribution in [3.63, 3.8) is 0 Å². The number of hydrogen-bond acceptors (Lipinski definition) is 3. The first-order valence-corrected chi connectivity index (χ1v) is 24.5. The number of rotatable bonds is 7. The van der Waals surface area contributed by atoms with Crippen molar-refractivity contribution < 1.29 is 4.42 Å². The molecular weight excluding hydrogens is 851 g/mol. The number of aromatic nitrogens is 2. The number of nitrogens with zero attached hydrogens (tertiary/aromatic N) is 3. The second-order valence-corrected chi connectivity index (χ2v) is 19.4. The molecule has 4 nitrogen and oxygen atoms in total. The molecule has 336 valence electrons. The van der Waals surface area contributed by atoms with Gasteiger partial charge in [0.05, 0.1) is 11.0 Å². The van der Waals surface area contributed by atoms with Gasteiger partial charge in [0, 0.05) is 45.4 Å². The van der Waals surface area contributed by atoms with Gasteiger partial charge in [-0.15, -0.1) is 0 Å². The Morgan fingerprint density at radius 3 is 2.13 bits per heavy atom. The summed E-state index contributed by atoms with van der Waals surface area (Å²) in [5.41, 5.74) is 23.8. The Balaban J connectivity index is 0.917. The molecule has 0 spiro atoms. The molecule has 0 unspecified atom stereocenters. The van der Waals surface area contributed by atoms with Crippen molar-refractivity contribution in [2.24, 2.45) is 0 Å². The Labute approximate surface area is 409 Å². The number of hydrogen-bond donors (Lipinski definition) is 0. The zero-order chi connectivity index (χ0) is 46.9. The van der Waals surface area contributed by atoms with Crippen molar-refractivity contribution in [1.29, 1.82) is 0 Å². The van der Waals surface area contributed by atoms with E-state index in [1.54, 1.807) is 0 Å². The quantitative estimate of drug-likeness (QED) is 0.149. The predicted molar refractivity (Wildman–Crippen MR) is 292 cm³/mol. The number of para-hydroxylation sites is 1. The average Bonchev–Trinajstić information content (AvgIpc) is 3.81. The minimum Gasteiger partial charge on any atom is -0.436 e. The van der Waals surface area contributed by atoms with Crippen LogP contribution >= 0.6 is 0 Å². The molecule has 70 heavy (non-hydrogen) atoms. The fourth-order valence-corrected chi connectivity index (χ4v) is 11.4. The molecule has 0 saturated heterocycles. The van der Waals surface area contributed by atoms with Gasteiger partial charge >= 0.3 is 0 Å². The minimum absolute atomic E-state index is 0.128. The summed E-state index contributed by atoms with van der Waals surface area (Å²) in [7, 11) is 0. The van der Waals surface area contributed by atoms with E-state index in [9.17, 15) is 0 Å². The van der Waals surface area contributed by atoms with Crippen molar-refractivity contribution in [3.8, 4) is 50.5 Å². The van der Waals surface area contributed by atoms with E-state index in [1.165, 1.54) is 83.6 Å². The van der Waals surface area contributed by atoms with Gasteiger partial charge in [-0.2, -0.15) is 0 Å². The van der Waals surface area contributed by atoms with Gasteiger partial charge in [0.15, 0.2) is 5.58 Å². The third-order valence-corrected chi connectivity index (χ3v) is 15.0. The van der Waals surface area contributed by atoms with E-state index in [1.807, 2.05) is 18.2 Å². The number of fused-ring (bicyclic) bond motifs is 10. The molecule has 13 rings (SSSR count). The zero-order valence-corrected chi connectivity index (χ0v) is 39.7. The largest absolute Gasteiger partial charge is 0.436 e. The minimum atomic E-state index is -0.128. The lowest BCUT2D eigenvalue weighted by Crippen LogP contribution is -2.36. The highest BCUT2D eigenvalue weighted by molar-refractivity contribution is 6.13. The van der Waals surface area contributed by atoms with Crippen molar-refractivity contribution in [1.82, 2.24) is 9.55 Å². The van der Waals surface area contributed by atoms with Crippen LogP contribution in [0.3, 0.4) is 0 Å². The summed E-state index contributed by atoms with van der Waals surface area (Å²) < 4.78 is 8.93. The summed E-state index contributed by atoms with van der Waals surface area (Å²) >= 11 is 0. The lowest BCUT2D eigenvalue weighted by molar-refractivity contribution is 0.587. The van der Waals surface area contributed by atoms with Crippen LogP contribution in [0.15, 0.2) is 234 Å². The Kier molecular flexibility index (Phi) is 9.91. The summed E-state index contributed by atoms with van der Waals surface area (Å²) in [5, 5.41) is 2.29. The van der Waals surface area contributed by atoms with Crippen LogP contribution in [0.2, 0.25) is 0 Å². The van der Waals surface area contributed by atoms with Crippen LogP contribution in [0.1, 0.15) is 49.4 Å². The van der Waals surface area contributed by atoms with Crippen LogP contribution in [0.4, 0.5) is 5.69 Å². The number of benzene rings is 8. The van der Waals surface area contributed by atoms with Gasteiger partial charge in [0.25, 0.3) is 0 Å². The third kappa shape index (κ3) is 6.85. The summed E-state index contributed by atoms with van der Waals surface area (Å²) in [6.07, 6.45) is 17.5. The molecule has 3 heterocycles. The fraction of sp³-hybridized carbons (Fsp3) is 0.106. The predicted octanol–water partition coefficient (Wildman–Crippen LogP) is 17.0. The second kappa shape index (κ2) is 16.6. The highest BCUT2D eigenvalue weighted by Crippen LogP contribution is 2.49. The Morgan fingerprint density at radius 1 is 0.600 bits per heavy atom. The molecule has 0 fully saturated rings. The maximum atomic E-state index is 6.53. The van der Waals surface area contributed by atoms with E-state index in [2.05, 4.69) is 230 Å². The smallest absolute Gasteiger partial charge is 0.227 e. The summed E-state index contributed by atoms with van der Waals surface area (Å²) in [6, 6.07) is 64.3. The normalized spacial score (nSPS) is 15.0. The molecule has 2 aliphatic carbocycles. The van der Waals surface area contributed by atoms with Gasteiger partial charge in [-0.05, 0) is 153 Å². The molecule has 1 aliphatic heterocycles.